The van der Waals surface area contributed by atoms with Crippen molar-refractivity contribution >= 4 is 0 Å². The summed E-state index contributed by atoms with van der Waals surface area (Å²) in [5.74, 6) is 0.840. The van der Waals surface area contributed by atoms with Crippen LogP contribution in [0.15, 0.2) is 18.3 Å². The second-order valence-corrected chi connectivity index (χ2v) is 3.65. The van der Waals surface area contributed by atoms with Crippen molar-refractivity contribution < 1.29 is 9.47 Å². The first kappa shape index (κ1) is 12.9. The van der Waals surface area contributed by atoms with Gasteiger partial charge in [-0.2, -0.15) is 0 Å². The van der Waals surface area contributed by atoms with Gasteiger partial charge in [0.05, 0.1) is 12.3 Å². The molecule has 0 aliphatic heterocycles. The van der Waals surface area contributed by atoms with Crippen molar-refractivity contribution in [1.82, 2.24) is 10.3 Å². The first-order valence-electron chi connectivity index (χ1n) is 5.57. The summed E-state index contributed by atoms with van der Waals surface area (Å²) in [6.07, 6.45) is 1.82. The Morgan fingerprint density at radius 2 is 2.31 bits per heavy atom. The van der Waals surface area contributed by atoms with Gasteiger partial charge in [0.15, 0.2) is 0 Å². The average molecular weight is 224 g/mol. The van der Waals surface area contributed by atoms with Crippen LogP contribution in [0.3, 0.4) is 0 Å². The molecule has 0 radical (unpaired) electrons. The molecule has 0 aliphatic carbocycles. The predicted octanol–water partition coefficient (Wildman–Crippen LogP) is 1.60. The van der Waals surface area contributed by atoms with Crippen LogP contribution < -0.4 is 10.1 Å². The van der Waals surface area contributed by atoms with Crippen molar-refractivity contribution in [2.24, 2.45) is 0 Å². The number of rotatable bonds is 7. The Labute approximate surface area is 97.0 Å². The molecule has 0 saturated carbocycles. The topological polar surface area (TPSA) is 43.4 Å². The molecular formula is C12H20N2O2. The van der Waals surface area contributed by atoms with Crippen LogP contribution in [-0.4, -0.2) is 31.3 Å². The van der Waals surface area contributed by atoms with E-state index in [2.05, 4.69) is 17.2 Å². The van der Waals surface area contributed by atoms with Gasteiger partial charge < -0.3 is 14.8 Å². The summed E-state index contributed by atoms with van der Waals surface area (Å²) in [5, 5.41) is 3.23. The fourth-order valence-corrected chi connectivity index (χ4v) is 1.38. The third-order valence-corrected chi connectivity index (χ3v) is 2.08. The lowest BCUT2D eigenvalue weighted by molar-refractivity contribution is 0.0919. The summed E-state index contributed by atoms with van der Waals surface area (Å²) in [5.41, 5.74) is 0.990. The molecule has 0 saturated heterocycles. The molecule has 0 amide bonds. The number of ether oxygens (including phenoxy) is 2. The molecule has 1 aromatic heterocycles. The maximum absolute atomic E-state index is 5.68. The molecule has 0 bridgehead atoms. The third kappa shape index (κ3) is 4.59. The van der Waals surface area contributed by atoms with Gasteiger partial charge in [-0.15, -0.1) is 0 Å². The number of hydrogen-bond donors (Lipinski definition) is 1. The molecule has 1 unspecified atom stereocenters. The van der Waals surface area contributed by atoms with Crippen molar-refractivity contribution in [1.29, 1.82) is 0 Å². The SMILES string of the molecule is CCNCc1cc(OC(C)COC)ccn1. The molecule has 4 heteroatoms. The highest BCUT2D eigenvalue weighted by Crippen LogP contribution is 2.12. The summed E-state index contributed by atoms with van der Waals surface area (Å²) in [6, 6.07) is 3.82. The van der Waals surface area contributed by atoms with Crippen LogP contribution in [0.5, 0.6) is 5.75 Å². The van der Waals surface area contributed by atoms with Gasteiger partial charge in [-0.05, 0) is 19.5 Å². The van der Waals surface area contributed by atoms with E-state index in [0.29, 0.717) is 6.61 Å². The van der Waals surface area contributed by atoms with Crippen molar-refractivity contribution in [3.8, 4) is 5.75 Å². The zero-order valence-corrected chi connectivity index (χ0v) is 10.2. The summed E-state index contributed by atoms with van der Waals surface area (Å²) >= 11 is 0. The highest BCUT2D eigenvalue weighted by atomic mass is 16.5. The molecule has 0 aliphatic rings. The number of aromatic nitrogens is 1. The van der Waals surface area contributed by atoms with Gasteiger partial charge in [0.25, 0.3) is 0 Å². The zero-order valence-electron chi connectivity index (χ0n) is 10.2. The van der Waals surface area contributed by atoms with Crippen molar-refractivity contribution in [3.63, 3.8) is 0 Å². The Morgan fingerprint density at radius 1 is 1.50 bits per heavy atom. The first-order chi connectivity index (χ1) is 7.76. The standard InChI is InChI=1S/C12H20N2O2/c1-4-13-8-11-7-12(5-6-14-11)16-10(2)9-15-3/h5-7,10,13H,4,8-9H2,1-3H3. The predicted molar refractivity (Wildman–Crippen MR) is 63.6 cm³/mol. The molecule has 1 rings (SSSR count). The lowest BCUT2D eigenvalue weighted by Crippen LogP contribution is -2.18. The third-order valence-electron chi connectivity index (χ3n) is 2.08. The van der Waals surface area contributed by atoms with E-state index >= 15 is 0 Å². The molecule has 0 spiro atoms. The van der Waals surface area contributed by atoms with Gasteiger partial charge in [-0.1, -0.05) is 6.92 Å². The molecule has 0 fully saturated rings. The number of pyridine rings is 1. The fourth-order valence-electron chi connectivity index (χ4n) is 1.38. The Kier molecular flexibility index (Phi) is 5.82. The highest BCUT2D eigenvalue weighted by Gasteiger charge is 2.04. The van der Waals surface area contributed by atoms with E-state index in [-0.39, 0.29) is 6.10 Å². The summed E-state index contributed by atoms with van der Waals surface area (Å²) < 4.78 is 10.7. The van der Waals surface area contributed by atoms with E-state index in [4.69, 9.17) is 9.47 Å². The Balaban J connectivity index is 2.52. The molecular weight excluding hydrogens is 204 g/mol. The van der Waals surface area contributed by atoms with E-state index in [1.807, 2.05) is 19.1 Å². The summed E-state index contributed by atoms with van der Waals surface area (Å²) in [4.78, 5) is 4.26. The molecule has 1 heterocycles. The van der Waals surface area contributed by atoms with Crippen LogP contribution in [0.4, 0.5) is 0 Å². The molecule has 0 aromatic carbocycles. The molecule has 1 N–H and O–H groups in total. The van der Waals surface area contributed by atoms with Gasteiger partial charge in [-0.25, -0.2) is 0 Å². The Hall–Kier alpha value is -1.13. The van der Waals surface area contributed by atoms with Gasteiger partial charge in [0.1, 0.15) is 11.9 Å². The summed E-state index contributed by atoms with van der Waals surface area (Å²) in [7, 11) is 1.67. The molecule has 1 atom stereocenters. The van der Waals surface area contributed by atoms with Gasteiger partial charge in [0, 0.05) is 25.9 Å². The minimum atomic E-state index is 0.0550. The van der Waals surface area contributed by atoms with Crippen molar-refractivity contribution in [3.05, 3.63) is 24.0 Å². The van der Waals surface area contributed by atoms with E-state index < -0.39 is 0 Å². The maximum atomic E-state index is 5.68. The summed E-state index contributed by atoms with van der Waals surface area (Å²) in [6.45, 7) is 6.35. The number of nitrogens with zero attached hydrogens (tertiary/aromatic N) is 1. The van der Waals surface area contributed by atoms with E-state index in [0.717, 1.165) is 24.5 Å². The van der Waals surface area contributed by atoms with Crippen LogP contribution in [-0.2, 0) is 11.3 Å². The van der Waals surface area contributed by atoms with Gasteiger partial charge in [-0.3, -0.25) is 4.98 Å². The largest absolute Gasteiger partial charge is 0.488 e. The van der Waals surface area contributed by atoms with E-state index in [9.17, 15) is 0 Å². The van der Waals surface area contributed by atoms with Crippen molar-refractivity contribution in [2.75, 3.05) is 20.3 Å². The molecule has 1 aromatic rings. The van der Waals surface area contributed by atoms with Crippen LogP contribution in [0.2, 0.25) is 0 Å². The quantitative estimate of drug-likeness (QED) is 0.764. The number of hydrogen-bond acceptors (Lipinski definition) is 4. The fraction of sp³-hybridized carbons (Fsp3) is 0.583. The first-order valence-corrected chi connectivity index (χ1v) is 5.57. The monoisotopic (exact) mass is 224 g/mol. The molecule has 4 nitrogen and oxygen atoms in total. The van der Waals surface area contributed by atoms with Crippen molar-refractivity contribution in [2.45, 2.75) is 26.5 Å². The second-order valence-electron chi connectivity index (χ2n) is 3.65. The van der Waals surface area contributed by atoms with Crippen LogP contribution >= 0.6 is 0 Å². The maximum Gasteiger partial charge on any atom is 0.123 e. The van der Waals surface area contributed by atoms with Crippen LogP contribution in [0, 0.1) is 0 Å². The number of methoxy groups -OCH3 is 1. The Bertz CT molecular complexity index is 305. The number of nitrogens with one attached hydrogen (secondary N) is 1. The lowest BCUT2D eigenvalue weighted by atomic mass is 10.3. The zero-order chi connectivity index (χ0) is 11.8. The highest BCUT2D eigenvalue weighted by molar-refractivity contribution is 5.22. The van der Waals surface area contributed by atoms with Gasteiger partial charge >= 0.3 is 0 Å². The van der Waals surface area contributed by atoms with Gasteiger partial charge in [0.2, 0.25) is 0 Å². The average Bonchev–Trinajstić information content (AvgIpc) is 2.27. The van der Waals surface area contributed by atoms with Crippen LogP contribution in [0.25, 0.3) is 0 Å². The minimum Gasteiger partial charge on any atom is -0.488 e. The molecule has 16 heavy (non-hydrogen) atoms. The second kappa shape index (κ2) is 7.19. The van der Waals surface area contributed by atoms with Crippen LogP contribution in [0.1, 0.15) is 19.5 Å². The Morgan fingerprint density at radius 3 is 3.00 bits per heavy atom. The smallest absolute Gasteiger partial charge is 0.123 e. The normalized spacial score (nSPS) is 12.4. The van der Waals surface area contributed by atoms with E-state index in [1.54, 1.807) is 13.3 Å². The molecule has 90 valence electrons. The van der Waals surface area contributed by atoms with E-state index in [1.165, 1.54) is 0 Å². The lowest BCUT2D eigenvalue weighted by Gasteiger charge is -2.14. The minimum absolute atomic E-state index is 0.0550.